The van der Waals surface area contributed by atoms with Gasteiger partial charge in [-0.2, -0.15) is 8.42 Å². The van der Waals surface area contributed by atoms with Crippen LogP contribution in [0, 0.1) is 0 Å². The molecule has 34 heavy (non-hydrogen) atoms. The molecule has 0 bridgehead atoms. The number of benzene rings is 2. The van der Waals surface area contributed by atoms with E-state index in [2.05, 4.69) is 4.98 Å². The predicted molar refractivity (Wildman–Crippen MR) is 131 cm³/mol. The van der Waals surface area contributed by atoms with Gasteiger partial charge in [0.25, 0.3) is 10.1 Å². The van der Waals surface area contributed by atoms with Crippen molar-refractivity contribution in [3.63, 3.8) is 0 Å². The van der Waals surface area contributed by atoms with Gasteiger partial charge in [0.15, 0.2) is 0 Å². The maximum Gasteiger partial charge on any atom is 0.264 e. The third kappa shape index (κ3) is 5.46. The summed E-state index contributed by atoms with van der Waals surface area (Å²) >= 11 is 0. The Labute approximate surface area is 198 Å². The second-order valence-corrected chi connectivity index (χ2v) is 9.39. The number of hydrogen-bond donors (Lipinski definition) is 0. The van der Waals surface area contributed by atoms with Crippen LogP contribution < -0.4 is 14.4 Å². The zero-order valence-electron chi connectivity index (χ0n) is 19.4. The molecule has 2 aromatic heterocycles. The molecule has 0 saturated heterocycles. The van der Waals surface area contributed by atoms with Crippen LogP contribution in [-0.2, 0) is 21.3 Å². The minimum absolute atomic E-state index is 0.0356. The molecular formula is C24H26N4O5S. The fraction of sp³-hybridized carbons (Fsp3) is 0.250. The van der Waals surface area contributed by atoms with Gasteiger partial charge in [-0.1, -0.05) is 0 Å². The monoisotopic (exact) mass is 482 g/mol. The number of ether oxygens (including phenoxy) is 2. The van der Waals surface area contributed by atoms with Crippen molar-refractivity contribution < 1.29 is 22.1 Å². The van der Waals surface area contributed by atoms with E-state index in [-0.39, 0.29) is 13.2 Å². The second kappa shape index (κ2) is 9.70. The molecule has 0 amide bonds. The molecule has 0 aliphatic rings. The minimum atomic E-state index is -3.58. The molecule has 0 saturated carbocycles. The lowest BCUT2D eigenvalue weighted by atomic mass is 10.2. The molecule has 178 valence electrons. The zero-order valence-corrected chi connectivity index (χ0v) is 20.2. The van der Waals surface area contributed by atoms with Crippen LogP contribution >= 0.6 is 0 Å². The lowest BCUT2D eigenvalue weighted by Gasteiger charge is -2.26. The van der Waals surface area contributed by atoms with Gasteiger partial charge in [0.05, 0.1) is 50.0 Å². The topological polar surface area (TPSA) is 95.8 Å². The Kier molecular flexibility index (Phi) is 6.71. The number of methoxy groups -OCH3 is 2. The highest BCUT2D eigenvalue weighted by Gasteiger charge is 2.15. The summed E-state index contributed by atoms with van der Waals surface area (Å²) in [5, 5.41) is 0. The average Bonchev–Trinajstić information content (AvgIpc) is 3.26. The summed E-state index contributed by atoms with van der Waals surface area (Å²) < 4.78 is 40.9. The first-order valence-electron chi connectivity index (χ1n) is 10.5. The Bertz CT molecular complexity index is 1400. The molecular weight excluding hydrogens is 456 g/mol. The van der Waals surface area contributed by atoms with Crippen LogP contribution in [0.5, 0.6) is 11.5 Å². The van der Waals surface area contributed by atoms with Gasteiger partial charge in [0, 0.05) is 61.1 Å². The van der Waals surface area contributed by atoms with Gasteiger partial charge in [0.1, 0.15) is 11.5 Å². The highest BCUT2D eigenvalue weighted by Crippen LogP contribution is 2.34. The molecule has 0 atom stereocenters. The molecule has 0 radical (unpaired) electrons. The third-order valence-corrected chi connectivity index (χ3v) is 5.82. The van der Waals surface area contributed by atoms with Crippen molar-refractivity contribution >= 4 is 32.5 Å². The molecule has 0 aliphatic carbocycles. The van der Waals surface area contributed by atoms with E-state index in [1.165, 1.54) is 0 Å². The van der Waals surface area contributed by atoms with Gasteiger partial charge in [-0.05, 0) is 24.3 Å². The number of fused-ring (bicyclic) bond motifs is 1. The van der Waals surface area contributed by atoms with Gasteiger partial charge in [-0.15, -0.1) is 0 Å². The maximum atomic E-state index is 11.5. The van der Waals surface area contributed by atoms with E-state index in [0.717, 1.165) is 34.4 Å². The van der Waals surface area contributed by atoms with Crippen LogP contribution in [0.2, 0.25) is 0 Å². The molecule has 0 fully saturated rings. The first kappa shape index (κ1) is 23.5. The third-order valence-electron chi connectivity index (χ3n) is 5.23. The highest BCUT2D eigenvalue weighted by molar-refractivity contribution is 7.85. The Morgan fingerprint density at radius 1 is 0.971 bits per heavy atom. The molecule has 0 N–H and O–H groups in total. The fourth-order valence-electron chi connectivity index (χ4n) is 3.60. The second-order valence-electron chi connectivity index (χ2n) is 7.74. The molecule has 10 heteroatoms. The maximum absolute atomic E-state index is 11.5. The van der Waals surface area contributed by atoms with Crippen molar-refractivity contribution in [3.8, 4) is 22.8 Å². The number of rotatable bonds is 9. The Morgan fingerprint density at radius 2 is 1.71 bits per heavy atom. The van der Waals surface area contributed by atoms with Crippen LogP contribution in [0.25, 0.3) is 22.3 Å². The molecule has 9 nitrogen and oxygen atoms in total. The van der Waals surface area contributed by atoms with Crippen molar-refractivity contribution in [2.75, 3.05) is 38.5 Å². The average molecular weight is 483 g/mol. The van der Waals surface area contributed by atoms with Crippen LogP contribution in [-0.4, -0.2) is 56.6 Å². The Hall–Kier alpha value is -3.63. The van der Waals surface area contributed by atoms with E-state index in [0.29, 0.717) is 17.0 Å². The van der Waals surface area contributed by atoms with Gasteiger partial charge < -0.3 is 18.9 Å². The lowest BCUT2D eigenvalue weighted by molar-refractivity contribution is 0.330. The molecule has 2 heterocycles. The van der Waals surface area contributed by atoms with Gasteiger partial charge in [-0.3, -0.25) is 9.17 Å². The summed E-state index contributed by atoms with van der Waals surface area (Å²) in [7, 11) is 1.53. The molecule has 0 aliphatic heterocycles. The van der Waals surface area contributed by atoms with E-state index in [1.807, 2.05) is 65.3 Å². The minimum Gasteiger partial charge on any atom is -0.497 e. The van der Waals surface area contributed by atoms with E-state index in [1.54, 1.807) is 26.5 Å². The molecule has 0 unspecified atom stereocenters. The van der Waals surface area contributed by atoms with Crippen LogP contribution in [0.1, 0.15) is 0 Å². The van der Waals surface area contributed by atoms with Crippen molar-refractivity contribution in [2.45, 2.75) is 0 Å². The number of aryl methyl sites for hydroxylation is 1. The predicted octanol–water partition coefficient (Wildman–Crippen LogP) is 3.77. The molecule has 4 rings (SSSR count). The summed E-state index contributed by atoms with van der Waals surface area (Å²) in [6.45, 7) is 0.229. The Balaban J connectivity index is 1.77. The summed E-state index contributed by atoms with van der Waals surface area (Å²) in [4.78, 5) is 11.3. The van der Waals surface area contributed by atoms with Crippen molar-refractivity contribution in [2.24, 2.45) is 7.05 Å². The standard InChI is InChI=1S/C24H26N4O5S/c1-27-8-7-17(16-27)24-15-25-22-6-5-18(13-23(22)26-24)28(9-10-33-34(4,29)30)19-11-20(31-2)14-21(12-19)32-3/h5-8,11-16H,9-10H2,1-4H3. The van der Waals surface area contributed by atoms with E-state index in [4.69, 9.17) is 18.6 Å². The van der Waals surface area contributed by atoms with Crippen molar-refractivity contribution in [1.82, 2.24) is 14.5 Å². The van der Waals surface area contributed by atoms with Crippen LogP contribution in [0.4, 0.5) is 11.4 Å². The SMILES string of the molecule is COc1cc(OC)cc(N(CCOS(C)(=O)=O)c2ccc3ncc(-c4ccn(C)c4)nc3c2)c1. The summed E-state index contributed by atoms with van der Waals surface area (Å²) in [5.41, 5.74) is 4.74. The first-order chi connectivity index (χ1) is 16.3. The first-order valence-corrected chi connectivity index (χ1v) is 12.3. The quantitative estimate of drug-likeness (QED) is 0.333. The van der Waals surface area contributed by atoms with Crippen LogP contribution in [0.3, 0.4) is 0 Å². The van der Waals surface area contributed by atoms with Crippen molar-refractivity contribution in [3.05, 3.63) is 61.1 Å². The Morgan fingerprint density at radius 3 is 2.32 bits per heavy atom. The van der Waals surface area contributed by atoms with E-state index < -0.39 is 10.1 Å². The molecule has 2 aromatic carbocycles. The van der Waals surface area contributed by atoms with Crippen molar-refractivity contribution in [1.29, 1.82) is 0 Å². The smallest absolute Gasteiger partial charge is 0.264 e. The van der Waals surface area contributed by atoms with Crippen LogP contribution in [0.15, 0.2) is 61.1 Å². The summed E-state index contributed by atoms with van der Waals surface area (Å²) in [5.74, 6) is 1.21. The number of hydrogen-bond acceptors (Lipinski definition) is 8. The highest BCUT2D eigenvalue weighted by atomic mass is 32.2. The number of nitrogens with zero attached hydrogens (tertiary/aromatic N) is 4. The van der Waals surface area contributed by atoms with E-state index >= 15 is 0 Å². The zero-order chi connectivity index (χ0) is 24.3. The fourth-order valence-corrected chi connectivity index (χ4v) is 3.97. The number of anilines is 2. The molecule has 0 spiro atoms. The summed E-state index contributed by atoms with van der Waals surface area (Å²) in [6.07, 6.45) is 6.72. The van der Waals surface area contributed by atoms with Gasteiger partial charge >= 0.3 is 0 Å². The van der Waals surface area contributed by atoms with Gasteiger partial charge in [0.2, 0.25) is 0 Å². The lowest BCUT2D eigenvalue weighted by Crippen LogP contribution is -2.23. The normalized spacial score (nSPS) is 11.5. The van der Waals surface area contributed by atoms with E-state index in [9.17, 15) is 8.42 Å². The molecule has 4 aromatic rings. The number of aromatic nitrogens is 3. The largest absolute Gasteiger partial charge is 0.497 e. The summed E-state index contributed by atoms with van der Waals surface area (Å²) in [6, 6.07) is 13.2. The van der Waals surface area contributed by atoms with Gasteiger partial charge in [-0.25, -0.2) is 4.98 Å².